The summed E-state index contributed by atoms with van der Waals surface area (Å²) >= 11 is 5.79. The first-order chi connectivity index (χ1) is 7.59. The van der Waals surface area contributed by atoms with Crippen LogP contribution in [0.15, 0.2) is 36.4 Å². The summed E-state index contributed by atoms with van der Waals surface area (Å²) in [4.78, 5) is 10.9. The van der Waals surface area contributed by atoms with Crippen molar-refractivity contribution >= 4 is 17.6 Å². The zero-order valence-electron chi connectivity index (χ0n) is 8.64. The number of carboxylic acids is 1. The van der Waals surface area contributed by atoms with Crippen LogP contribution in [0.1, 0.15) is 10.5 Å². The Labute approximate surface area is 97.9 Å². The second kappa shape index (κ2) is 4.02. The van der Waals surface area contributed by atoms with E-state index >= 15 is 0 Å². The average molecular weight is 236 g/mol. The number of nitrogens with zero attached hydrogens (tertiary/aromatic N) is 1. The van der Waals surface area contributed by atoms with Gasteiger partial charge in [-0.15, -0.1) is 0 Å². The van der Waals surface area contributed by atoms with Gasteiger partial charge in [-0.2, -0.15) is 0 Å². The Morgan fingerprint density at radius 2 is 1.81 bits per heavy atom. The Morgan fingerprint density at radius 3 is 2.31 bits per heavy atom. The zero-order chi connectivity index (χ0) is 11.7. The van der Waals surface area contributed by atoms with E-state index in [0.29, 0.717) is 5.02 Å². The highest BCUT2D eigenvalue weighted by Gasteiger charge is 2.11. The van der Waals surface area contributed by atoms with Crippen LogP contribution in [-0.4, -0.2) is 15.6 Å². The highest BCUT2D eigenvalue weighted by molar-refractivity contribution is 6.30. The van der Waals surface area contributed by atoms with Gasteiger partial charge in [0.25, 0.3) is 0 Å². The topological polar surface area (TPSA) is 42.2 Å². The van der Waals surface area contributed by atoms with Crippen molar-refractivity contribution in [3.8, 4) is 11.3 Å². The van der Waals surface area contributed by atoms with Gasteiger partial charge in [-0.3, -0.25) is 0 Å². The van der Waals surface area contributed by atoms with E-state index < -0.39 is 5.97 Å². The molecule has 0 bridgehead atoms. The molecule has 0 spiro atoms. The molecule has 0 atom stereocenters. The van der Waals surface area contributed by atoms with Crippen molar-refractivity contribution in [2.75, 3.05) is 0 Å². The van der Waals surface area contributed by atoms with Crippen LogP contribution in [0.5, 0.6) is 0 Å². The quantitative estimate of drug-likeness (QED) is 0.869. The van der Waals surface area contributed by atoms with Gasteiger partial charge in [-0.05, 0) is 29.8 Å². The number of hydrogen-bond acceptors (Lipinski definition) is 1. The van der Waals surface area contributed by atoms with Crippen LogP contribution in [0, 0.1) is 0 Å². The van der Waals surface area contributed by atoms with Crippen molar-refractivity contribution < 1.29 is 9.90 Å². The average Bonchev–Trinajstić information content (AvgIpc) is 2.61. The Morgan fingerprint density at radius 1 is 1.19 bits per heavy atom. The number of aromatic nitrogens is 1. The third kappa shape index (κ3) is 1.82. The maximum Gasteiger partial charge on any atom is 0.352 e. The SMILES string of the molecule is Cn1c(C(=O)O)ccc1-c1ccc(Cl)cc1. The number of benzene rings is 1. The van der Waals surface area contributed by atoms with Crippen LogP contribution in [0.3, 0.4) is 0 Å². The molecule has 0 radical (unpaired) electrons. The van der Waals surface area contributed by atoms with Crippen LogP contribution >= 0.6 is 11.6 Å². The van der Waals surface area contributed by atoms with Gasteiger partial charge in [0, 0.05) is 17.8 Å². The van der Waals surface area contributed by atoms with Gasteiger partial charge in [-0.25, -0.2) is 4.79 Å². The largest absolute Gasteiger partial charge is 0.477 e. The van der Waals surface area contributed by atoms with Crippen molar-refractivity contribution in [3.05, 3.63) is 47.1 Å². The normalized spacial score (nSPS) is 10.4. The molecule has 0 aliphatic rings. The first-order valence-corrected chi connectivity index (χ1v) is 5.12. The summed E-state index contributed by atoms with van der Waals surface area (Å²) < 4.78 is 1.64. The molecule has 82 valence electrons. The smallest absolute Gasteiger partial charge is 0.352 e. The lowest BCUT2D eigenvalue weighted by atomic mass is 10.1. The highest BCUT2D eigenvalue weighted by atomic mass is 35.5. The van der Waals surface area contributed by atoms with E-state index in [-0.39, 0.29) is 5.69 Å². The monoisotopic (exact) mass is 235 g/mol. The molecule has 4 heteroatoms. The molecule has 0 saturated heterocycles. The standard InChI is InChI=1S/C12H10ClNO2/c1-14-10(6-7-11(14)12(15)16)8-2-4-9(13)5-3-8/h2-7H,1H3,(H,15,16). The van der Waals surface area contributed by atoms with Crippen molar-refractivity contribution in [2.24, 2.45) is 7.05 Å². The lowest BCUT2D eigenvalue weighted by molar-refractivity contribution is 0.0687. The predicted molar refractivity (Wildman–Crippen MR) is 62.8 cm³/mol. The minimum absolute atomic E-state index is 0.268. The number of aromatic carboxylic acids is 1. The summed E-state index contributed by atoms with van der Waals surface area (Å²) in [6, 6.07) is 10.7. The minimum atomic E-state index is -0.928. The fourth-order valence-corrected chi connectivity index (χ4v) is 1.76. The number of rotatable bonds is 2. The first-order valence-electron chi connectivity index (χ1n) is 4.74. The fourth-order valence-electron chi connectivity index (χ4n) is 1.64. The van der Waals surface area contributed by atoms with E-state index in [1.807, 2.05) is 12.1 Å². The molecule has 0 aliphatic heterocycles. The molecule has 2 rings (SSSR count). The minimum Gasteiger partial charge on any atom is -0.477 e. The highest BCUT2D eigenvalue weighted by Crippen LogP contribution is 2.23. The molecule has 0 fully saturated rings. The maximum atomic E-state index is 10.9. The molecule has 0 saturated carbocycles. The molecule has 1 aromatic heterocycles. The number of carboxylic acid groups (broad SMARTS) is 1. The van der Waals surface area contributed by atoms with Gasteiger partial charge in [-0.1, -0.05) is 23.7 Å². The summed E-state index contributed by atoms with van der Waals surface area (Å²) in [6.45, 7) is 0. The van der Waals surface area contributed by atoms with Crippen LogP contribution in [0.25, 0.3) is 11.3 Å². The second-order valence-electron chi connectivity index (χ2n) is 3.47. The Kier molecular flexibility index (Phi) is 2.71. The summed E-state index contributed by atoms with van der Waals surface area (Å²) in [7, 11) is 1.73. The molecule has 2 aromatic rings. The first kappa shape index (κ1) is 10.8. The van der Waals surface area contributed by atoms with Gasteiger partial charge in [0.15, 0.2) is 0 Å². The maximum absolute atomic E-state index is 10.9. The van der Waals surface area contributed by atoms with Crippen LogP contribution in [-0.2, 0) is 7.05 Å². The molecular weight excluding hydrogens is 226 g/mol. The third-order valence-electron chi connectivity index (χ3n) is 2.48. The van der Waals surface area contributed by atoms with Crippen LogP contribution in [0.4, 0.5) is 0 Å². The van der Waals surface area contributed by atoms with E-state index in [1.165, 1.54) is 0 Å². The predicted octanol–water partition coefficient (Wildman–Crippen LogP) is 3.04. The van der Waals surface area contributed by atoms with E-state index in [1.54, 1.807) is 35.9 Å². The molecule has 1 heterocycles. The van der Waals surface area contributed by atoms with Crippen LogP contribution in [0.2, 0.25) is 5.02 Å². The molecule has 16 heavy (non-hydrogen) atoms. The Balaban J connectivity index is 2.49. The molecule has 0 amide bonds. The van der Waals surface area contributed by atoms with E-state index in [2.05, 4.69) is 0 Å². The van der Waals surface area contributed by atoms with Gasteiger partial charge >= 0.3 is 5.97 Å². The van der Waals surface area contributed by atoms with Crippen LogP contribution < -0.4 is 0 Å². The molecule has 1 N–H and O–H groups in total. The summed E-state index contributed by atoms with van der Waals surface area (Å²) in [5.41, 5.74) is 2.07. The summed E-state index contributed by atoms with van der Waals surface area (Å²) in [5.74, 6) is -0.928. The van der Waals surface area contributed by atoms with E-state index in [4.69, 9.17) is 16.7 Å². The summed E-state index contributed by atoms with van der Waals surface area (Å²) in [5, 5.41) is 9.59. The lowest BCUT2D eigenvalue weighted by Crippen LogP contribution is -2.04. The molecule has 1 aromatic carbocycles. The number of carbonyl (C=O) groups is 1. The second-order valence-corrected chi connectivity index (χ2v) is 3.91. The van der Waals surface area contributed by atoms with E-state index in [0.717, 1.165) is 11.3 Å². The van der Waals surface area contributed by atoms with E-state index in [9.17, 15) is 4.79 Å². The Hall–Kier alpha value is -1.74. The number of hydrogen-bond donors (Lipinski definition) is 1. The third-order valence-corrected chi connectivity index (χ3v) is 2.73. The van der Waals surface area contributed by atoms with Crippen molar-refractivity contribution in [1.82, 2.24) is 4.57 Å². The van der Waals surface area contributed by atoms with Crippen molar-refractivity contribution in [3.63, 3.8) is 0 Å². The molecule has 0 unspecified atom stereocenters. The zero-order valence-corrected chi connectivity index (χ0v) is 9.40. The molecule has 3 nitrogen and oxygen atoms in total. The van der Waals surface area contributed by atoms with Gasteiger partial charge in [0.2, 0.25) is 0 Å². The van der Waals surface area contributed by atoms with Gasteiger partial charge < -0.3 is 9.67 Å². The summed E-state index contributed by atoms with van der Waals surface area (Å²) in [6.07, 6.45) is 0. The molecule has 0 aliphatic carbocycles. The van der Waals surface area contributed by atoms with Gasteiger partial charge in [0.1, 0.15) is 5.69 Å². The van der Waals surface area contributed by atoms with Crippen molar-refractivity contribution in [2.45, 2.75) is 0 Å². The molecular formula is C12H10ClNO2. The fraction of sp³-hybridized carbons (Fsp3) is 0.0833. The number of halogens is 1. The van der Waals surface area contributed by atoms with Gasteiger partial charge in [0.05, 0.1) is 0 Å². The Bertz CT molecular complexity index is 528. The lowest BCUT2D eigenvalue weighted by Gasteiger charge is -2.05. The van der Waals surface area contributed by atoms with Crippen molar-refractivity contribution in [1.29, 1.82) is 0 Å².